The van der Waals surface area contributed by atoms with Gasteiger partial charge >= 0.3 is 0 Å². The molecular weight excluding hydrogens is 320 g/mol. The summed E-state index contributed by atoms with van der Waals surface area (Å²) in [5, 5.41) is 4.70. The minimum Gasteiger partial charge on any atom is -0.346 e. The molecule has 3 aromatic rings. The zero-order valence-corrected chi connectivity index (χ0v) is 13.7. The largest absolute Gasteiger partial charge is 0.346 e. The Labute approximate surface area is 143 Å². The molecule has 1 unspecified atom stereocenters. The first-order valence-electron chi connectivity index (χ1n) is 7.76. The minimum atomic E-state index is -0.0336. The molecule has 1 aliphatic heterocycles. The third kappa shape index (κ3) is 3.05. The van der Waals surface area contributed by atoms with Gasteiger partial charge in [0.05, 0.1) is 12.5 Å². The van der Waals surface area contributed by atoms with Gasteiger partial charge in [0.1, 0.15) is 5.65 Å². The van der Waals surface area contributed by atoms with Gasteiger partial charge in [-0.3, -0.25) is 9.79 Å². The van der Waals surface area contributed by atoms with Gasteiger partial charge in [0.2, 0.25) is 5.91 Å². The van der Waals surface area contributed by atoms with Crippen molar-refractivity contribution in [2.75, 3.05) is 5.75 Å². The zero-order chi connectivity index (χ0) is 16.4. The summed E-state index contributed by atoms with van der Waals surface area (Å²) < 4.78 is 0. The number of hydrogen-bond donors (Lipinski definition) is 2. The normalized spacial score (nSPS) is 17.0. The Morgan fingerprint density at radius 1 is 1.25 bits per heavy atom. The summed E-state index contributed by atoms with van der Waals surface area (Å²) in [6.07, 6.45) is 4.09. The first-order chi connectivity index (χ1) is 11.8. The van der Waals surface area contributed by atoms with Crippen LogP contribution in [0.4, 0.5) is 0 Å². The van der Waals surface area contributed by atoms with Crippen LogP contribution in [-0.4, -0.2) is 26.8 Å². The van der Waals surface area contributed by atoms with Gasteiger partial charge in [0, 0.05) is 29.1 Å². The number of benzene rings is 1. The van der Waals surface area contributed by atoms with Crippen molar-refractivity contribution in [3.63, 3.8) is 0 Å². The fraction of sp³-hybridized carbons (Fsp3) is 0.167. The molecule has 5 nitrogen and oxygen atoms in total. The maximum Gasteiger partial charge on any atom is 0.230 e. The number of aliphatic imine (C=N–C) groups is 1. The van der Waals surface area contributed by atoms with Gasteiger partial charge in [-0.25, -0.2) is 4.98 Å². The van der Waals surface area contributed by atoms with E-state index >= 15 is 0 Å². The number of H-pyrrole nitrogens is 1. The number of hydrogen-bond acceptors (Lipinski definition) is 4. The minimum absolute atomic E-state index is 0.0336. The van der Waals surface area contributed by atoms with Crippen molar-refractivity contribution in [3.8, 4) is 0 Å². The van der Waals surface area contributed by atoms with Crippen LogP contribution < -0.4 is 5.32 Å². The van der Waals surface area contributed by atoms with E-state index in [1.54, 1.807) is 18.0 Å². The molecule has 4 rings (SSSR count). The van der Waals surface area contributed by atoms with Crippen molar-refractivity contribution in [1.29, 1.82) is 0 Å². The summed E-state index contributed by atoms with van der Waals surface area (Å²) in [6, 6.07) is 13.7. The highest BCUT2D eigenvalue weighted by Gasteiger charge is 2.23. The van der Waals surface area contributed by atoms with Crippen molar-refractivity contribution in [1.82, 2.24) is 15.3 Å². The predicted molar refractivity (Wildman–Crippen MR) is 97.0 cm³/mol. The third-order valence-electron chi connectivity index (χ3n) is 3.95. The molecule has 1 amide bonds. The molecule has 2 aromatic heterocycles. The number of nitrogens with one attached hydrogen (secondary N) is 2. The molecule has 0 saturated carbocycles. The number of fused-ring (bicyclic) bond motifs is 1. The number of pyridine rings is 1. The van der Waals surface area contributed by atoms with Crippen LogP contribution >= 0.6 is 11.8 Å². The van der Waals surface area contributed by atoms with Crippen LogP contribution in [0.5, 0.6) is 0 Å². The highest BCUT2D eigenvalue weighted by molar-refractivity contribution is 8.14. The molecule has 0 aliphatic carbocycles. The van der Waals surface area contributed by atoms with Crippen molar-refractivity contribution in [3.05, 3.63) is 66.0 Å². The molecule has 0 radical (unpaired) electrons. The van der Waals surface area contributed by atoms with Crippen LogP contribution in [-0.2, 0) is 11.2 Å². The van der Waals surface area contributed by atoms with Gasteiger partial charge < -0.3 is 10.3 Å². The van der Waals surface area contributed by atoms with E-state index in [4.69, 9.17) is 0 Å². The number of rotatable bonds is 3. The van der Waals surface area contributed by atoms with Crippen LogP contribution in [0, 0.1) is 0 Å². The van der Waals surface area contributed by atoms with Gasteiger partial charge in [-0.2, -0.15) is 0 Å². The van der Waals surface area contributed by atoms with E-state index in [1.165, 1.54) is 0 Å². The standard InChI is InChI=1S/C18H16N4OS/c23-16(9-12-5-2-1-3-6-12)22-18-21-15(11-24-18)14-10-20-17-13(14)7-4-8-19-17/h1-8,10,15H,9,11H2,(H,19,20)(H,21,22,23). The van der Waals surface area contributed by atoms with E-state index in [9.17, 15) is 4.79 Å². The Kier molecular flexibility index (Phi) is 4.04. The number of carbonyl (C=O) groups excluding carboxylic acids is 1. The molecule has 0 bridgehead atoms. The highest BCUT2D eigenvalue weighted by Crippen LogP contribution is 2.33. The molecule has 24 heavy (non-hydrogen) atoms. The Hall–Kier alpha value is -2.60. The van der Waals surface area contributed by atoms with E-state index < -0.39 is 0 Å². The maximum absolute atomic E-state index is 12.2. The second-order valence-corrected chi connectivity index (χ2v) is 6.62. The summed E-state index contributed by atoms with van der Waals surface area (Å²) in [5.74, 6) is 0.789. The van der Waals surface area contributed by atoms with Gasteiger partial charge in [0.25, 0.3) is 0 Å². The number of aromatic nitrogens is 2. The molecule has 120 valence electrons. The summed E-state index contributed by atoms with van der Waals surface area (Å²) in [7, 11) is 0. The van der Waals surface area contributed by atoms with Crippen LogP contribution in [0.15, 0.2) is 59.9 Å². The van der Waals surface area contributed by atoms with E-state index in [2.05, 4.69) is 20.3 Å². The van der Waals surface area contributed by atoms with Crippen LogP contribution in [0.25, 0.3) is 11.0 Å². The molecule has 0 fully saturated rings. The lowest BCUT2D eigenvalue weighted by atomic mass is 10.1. The first kappa shape index (κ1) is 15.0. The third-order valence-corrected chi connectivity index (χ3v) is 4.91. The zero-order valence-electron chi connectivity index (χ0n) is 12.9. The number of amidine groups is 1. The summed E-state index contributed by atoms with van der Waals surface area (Å²) in [6.45, 7) is 0. The highest BCUT2D eigenvalue weighted by atomic mass is 32.2. The molecule has 1 aromatic carbocycles. The van der Waals surface area contributed by atoms with Crippen LogP contribution in [0.1, 0.15) is 17.2 Å². The quantitative estimate of drug-likeness (QED) is 0.772. The van der Waals surface area contributed by atoms with Crippen LogP contribution in [0.2, 0.25) is 0 Å². The summed E-state index contributed by atoms with van der Waals surface area (Å²) >= 11 is 1.58. The topological polar surface area (TPSA) is 70.1 Å². The van der Waals surface area contributed by atoms with Crippen molar-refractivity contribution in [2.24, 2.45) is 4.99 Å². The maximum atomic E-state index is 12.2. The Balaban J connectivity index is 1.46. The molecule has 0 saturated heterocycles. The first-order valence-corrected chi connectivity index (χ1v) is 8.74. The van der Waals surface area contributed by atoms with Gasteiger partial charge in [-0.05, 0) is 17.7 Å². The molecular formula is C18H16N4OS. The van der Waals surface area contributed by atoms with Gasteiger partial charge in [-0.1, -0.05) is 42.1 Å². The lowest BCUT2D eigenvalue weighted by Gasteiger charge is -2.04. The lowest BCUT2D eigenvalue weighted by Crippen LogP contribution is -2.28. The number of amides is 1. The van der Waals surface area contributed by atoms with Crippen LogP contribution in [0.3, 0.4) is 0 Å². The van der Waals surface area contributed by atoms with E-state index in [1.807, 2.05) is 48.7 Å². The number of carbonyl (C=O) groups is 1. The lowest BCUT2D eigenvalue weighted by molar-refractivity contribution is -0.119. The van der Waals surface area contributed by atoms with Gasteiger partial charge in [-0.15, -0.1) is 0 Å². The molecule has 6 heteroatoms. The Morgan fingerprint density at radius 3 is 3.00 bits per heavy atom. The fourth-order valence-electron chi connectivity index (χ4n) is 2.80. The summed E-state index contributed by atoms with van der Waals surface area (Å²) in [5.41, 5.74) is 2.99. The monoisotopic (exact) mass is 336 g/mol. The predicted octanol–water partition coefficient (Wildman–Crippen LogP) is 3.07. The molecule has 0 spiro atoms. The van der Waals surface area contributed by atoms with Crippen molar-refractivity contribution >= 4 is 33.9 Å². The molecule has 1 aliphatic rings. The second kappa shape index (κ2) is 6.49. The summed E-state index contributed by atoms with van der Waals surface area (Å²) in [4.78, 5) is 24.3. The van der Waals surface area contributed by atoms with Crippen molar-refractivity contribution < 1.29 is 4.79 Å². The number of nitrogens with zero attached hydrogens (tertiary/aromatic N) is 2. The Morgan fingerprint density at radius 2 is 2.12 bits per heavy atom. The fourth-order valence-corrected chi connectivity index (χ4v) is 3.76. The van der Waals surface area contributed by atoms with E-state index in [0.717, 1.165) is 27.9 Å². The average Bonchev–Trinajstić information content (AvgIpc) is 3.22. The Bertz CT molecular complexity index is 904. The second-order valence-electron chi connectivity index (χ2n) is 5.62. The molecule has 2 N–H and O–H groups in total. The smallest absolute Gasteiger partial charge is 0.230 e. The van der Waals surface area contributed by atoms with Crippen molar-refractivity contribution in [2.45, 2.75) is 12.5 Å². The molecule has 1 atom stereocenters. The molecule has 3 heterocycles. The SMILES string of the molecule is O=C(Cc1ccccc1)NC1=NC(c2c[nH]c3ncccc23)CS1. The van der Waals surface area contributed by atoms with E-state index in [-0.39, 0.29) is 11.9 Å². The van der Waals surface area contributed by atoms with E-state index in [0.29, 0.717) is 11.6 Å². The van der Waals surface area contributed by atoms with Gasteiger partial charge in [0.15, 0.2) is 5.17 Å². The average molecular weight is 336 g/mol. The number of thioether (sulfide) groups is 1. The number of aromatic amines is 1.